The number of aromatic nitrogens is 1. The fourth-order valence-corrected chi connectivity index (χ4v) is 2.31. The van der Waals surface area contributed by atoms with E-state index in [0.717, 1.165) is 17.4 Å². The molecule has 0 aliphatic carbocycles. The highest BCUT2D eigenvalue weighted by Gasteiger charge is 2.11. The SMILES string of the molecule is N#Cc1ccc(C(=O)N/N=C\c2cccn2-c2ccccc2)c(F)c1. The quantitative estimate of drug-likeness (QED) is 0.588. The van der Waals surface area contributed by atoms with Gasteiger partial charge in [0.15, 0.2) is 0 Å². The van der Waals surface area contributed by atoms with Crippen LogP contribution < -0.4 is 5.43 Å². The second-order valence-electron chi connectivity index (χ2n) is 5.14. The highest BCUT2D eigenvalue weighted by Crippen LogP contribution is 2.11. The molecule has 1 heterocycles. The van der Waals surface area contributed by atoms with Crippen LogP contribution in [-0.2, 0) is 0 Å². The Labute approximate surface area is 143 Å². The van der Waals surface area contributed by atoms with Crippen molar-refractivity contribution in [2.24, 2.45) is 5.10 Å². The number of halogens is 1. The van der Waals surface area contributed by atoms with Gasteiger partial charge in [-0.2, -0.15) is 10.4 Å². The van der Waals surface area contributed by atoms with Crippen LogP contribution >= 0.6 is 0 Å². The molecule has 25 heavy (non-hydrogen) atoms. The maximum absolute atomic E-state index is 13.8. The minimum Gasteiger partial charge on any atom is -0.316 e. The first kappa shape index (κ1) is 16.1. The van der Waals surface area contributed by atoms with E-state index < -0.39 is 11.7 Å². The molecule has 3 rings (SSSR count). The molecule has 0 unspecified atom stereocenters. The average molecular weight is 332 g/mol. The van der Waals surface area contributed by atoms with Gasteiger partial charge in [-0.05, 0) is 42.5 Å². The number of carbonyl (C=O) groups is 1. The zero-order valence-corrected chi connectivity index (χ0v) is 13.1. The number of hydrazone groups is 1. The maximum Gasteiger partial charge on any atom is 0.274 e. The molecule has 5 nitrogen and oxygen atoms in total. The second-order valence-corrected chi connectivity index (χ2v) is 5.14. The zero-order valence-electron chi connectivity index (χ0n) is 13.1. The predicted octanol–water partition coefficient (Wildman–Crippen LogP) is 3.25. The Bertz CT molecular complexity index is 971. The number of rotatable bonds is 4. The topological polar surface area (TPSA) is 70.2 Å². The molecule has 0 aliphatic heterocycles. The molecule has 2 aromatic carbocycles. The Hall–Kier alpha value is -3.72. The molecule has 0 fully saturated rings. The van der Waals surface area contributed by atoms with Gasteiger partial charge in [0.05, 0.1) is 29.1 Å². The second kappa shape index (κ2) is 7.23. The lowest BCUT2D eigenvalue weighted by Crippen LogP contribution is -2.19. The van der Waals surface area contributed by atoms with Crippen LogP contribution in [0.4, 0.5) is 4.39 Å². The summed E-state index contributed by atoms with van der Waals surface area (Å²) < 4.78 is 15.7. The Morgan fingerprint density at radius 3 is 2.68 bits per heavy atom. The minimum absolute atomic E-state index is 0.151. The van der Waals surface area contributed by atoms with E-state index in [-0.39, 0.29) is 11.1 Å². The van der Waals surface area contributed by atoms with Crippen LogP contribution in [0, 0.1) is 17.1 Å². The summed E-state index contributed by atoms with van der Waals surface area (Å²) in [6.45, 7) is 0. The molecule has 0 saturated carbocycles. The fraction of sp³-hybridized carbons (Fsp3) is 0. The number of hydrogen-bond acceptors (Lipinski definition) is 3. The van der Waals surface area contributed by atoms with Crippen LogP contribution in [0.5, 0.6) is 0 Å². The Morgan fingerprint density at radius 1 is 1.16 bits per heavy atom. The molecule has 0 radical (unpaired) electrons. The third-order valence-corrected chi connectivity index (χ3v) is 3.52. The van der Waals surface area contributed by atoms with Crippen molar-refractivity contribution in [2.45, 2.75) is 0 Å². The van der Waals surface area contributed by atoms with E-state index in [1.54, 1.807) is 0 Å². The third-order valence-electron chi connectivity index (χ3n) is 3.52. The van der Waals surface area contributed by atoms with E-state index in [1.807, 2.05) is 59.3 Å². The lowest BCUT2D eigenvalue weighted by atomic mass is 10.1. The molecule has 1 N–H and O–H groups in total. The number of nitrogens with one attached hydrogen (secondary N) is 1. The van der Waals surface area contributed by atoms with Crippen LogP contribution in [0.2, 0.25) is 0 Å². The van der Waals surface area contributed by atoms with Crippen LogP contribution in [0.1, 0.15) is 21.6 Å². The largest absolute Gasteiger partial charge is 0.316 e. The lowest BCUT2D eigenvalue weighted by molar-refractivity contribution is 0.0951. The summed E-state index contributed by atoms with van der Waals surface area (Å²) in [4.78, 5) is 12.0. The van der Waals surface area contributed by atoms with Crippen molar-refractivity contribution >= 4 is 12.1 Å². The minimum atomic E-state index is -0.764. The number of carbonyl (C=O) groups excluding carboxylic acids is 1. The third kappa shape index (κ3) is 3.62. The van der Waals surface area contributed by atoms with E-state index >= 15 is 0 Å². The Kier molecular flexibility index (Phi) is 4.67. The maximum atomic E-state index is 13.8. The van der Waals surface area contributed by atoms with E-state index in [2.05, 4.69) is 10.5 Å². The van der Waals surface area contributed by atoms with Crippen LogP contribution in [0.25, 0.3) is 5.69 Å². The van der Waals surface area contributed by atoms with Crippen LogP contribution in [-0.4, -0.2) is 16.7 Å². The van der Waals surface area contributed by atoms with Crippen molar-refractivity contribution < 1.29 is 9.18 Å². The van der Waals surface area contributed by atoms with Gasteiger partial charge in [0.25, 0.3) is 5.91 Å². The van der Waals surface area contributed by atoms with E-state index in [9.17, 15) is 9.18 Å². The van der Waals surface area contributed by atoms with Gasteiger partial charge in [-0.1, -0.05) is 18.2 Å². The monoisotopic (exact) mass is 332 g/mol. The first-order chi connectivity index (χ1) is 12.2. The van der Waals surface area contributed by atoms with Gasteiger partial charge in [-0.25, -0.2) is 9.82 Å². The number of hydrogen-bond donors (Lipinski definition) is 1. The van der Waals surface area contributed by atoms with Gasteiger partial charge < -0.3 is 4.57 Å². The van der Waals surface area contributed by atoms with Gasteiger partial charge in [0.1, 0.15) is 5.82 Å². The van der Waals surface area contributed by atoms with Gasteiger partial charge in [-0.3, -0.25) is 4.79 Å². The van der Waals surface area contributed by atoms with Gasteiger partial charge >= 0.3 is 0 Å². The molecule has 0 atom stereocenters. The standard InChI is InChI=1S/C19H13FN4O/c20-18-11-14(12-21)8-9-17(18)19(25)23-22-13-16-7-4-10-24(16)15-5-2-1-3-6-15/h1-11,13H,(H,23,25)/b22-13-. The summed E-state index contributed by atoms with van der Waals surface area (Å²) in [5, 5.41) is 12.6. The van der Waals surface area contributed by atoms with Crippen molar-refractivity contribution in [2.75, 3.05) is 0 Å². The molecule has 3 aromatic rings. The number of para-hydroxylation sites is 1. The first-order valence-corrected chi connectivity index (χ1v) is 7.45. The van der Waals surface area contributed by atoms with E-state index in [4.69, 9.17) is 5.26 Å². The highest BCUT2D eigenvalue weighted by molar-refractivity contribution is 5.95. The summed E-state index contributed by atoms with van der Waals surface area (Å²) in [7, 11) is 0. The summed E-state index contributed by atoms with van der Waals surface area (Å²) in [5.74, 6) is -1.45. The normalized spacial score (nSPS) is 10.6. The zero-order chi connectivity index (χ0) is 17.6. The van der Waals surface area contributed by atoms with Gasteiger partial charge in [-0.15, -0.1) is 0 Å². The van der Waals surface area contributed by atoms with Crippen LogP contribution in [0.3, 0.4) is 0 Å². The summed E-state index contributed by atoms with van der Waals surface area (Å²) in [5.41, 5.74) is 3.98. The van der Waals surface area contributed by atoms with Crippen molar-refractivity contribution in [1.82, 2.24) is 9.99 Å². The number of amides is 1. The molecule has 1 aromatic heterocycles. The van der Waals surface area contributed by atoms with E-state index in [0.29, 0.717) is 0 Å². The first-order valence-electron chi connectivity index (χ1n) is 7.45. The summed E-state index contributed by atoms with van der Waals surface area (Å²) in [6, 6.07) is 18.8. The molecular formula is C19H13FN4O. The van der Waals surface area contributed by atoms with E-state index in [1.165, 1.54) is 18.3 Å². The summed E-state index contributed by atoms with van der Waals surface area (Å²) in [6.07, 6.45) is 3.35. The molecule has 0 spiro atoms. The fourth-order valence-electron chi connectivity index (χ4n) is 2.31. The van der Waals surface area contributed by atoms with Crippen molar-refractivity contribution in [3.8, 4) is 11.8 Å². The number of nitrogens with zero attached hydrogens (tertiary/aromatic N) is 3. The van der Waals surface area contributed by atoms with Gasteiger partial charge in [0.2, 0.25) is 0 Å². The molecule has 122 valence electrons. The highest BCUT2D eigenvalue weighted by atomic mass is 19.1. The number of nitriles is 1. The molecule has 1 amide bonds. The van der Waals surface area contributed by atoms with Crippen molar-refractivity contribution in [3.63, 3.8) is 0 Å². The molecular weight excluding hydrogens is 319 g/mol. The average Bonchev–Trinajstić information content (AvgIpc) is 3.10. The van der Waals surface area contributed by atoms with Crippen molar-refractivity contribution in [3.05, 3.63) is 89.5 Å². The molecule has 0 bridgehead atoms. The lowest BCUT2D eigenvalue weighted by Gasteiger charge is -2.05. The summed E-state index contributed by atoms with van der Waals surface area (Å²) >= 11 is 0. The Morgan fingerprint density at radius 2 is 1.96 bits per heavy atom. The van der Waals surface area contributed by atoms with Gasteiger partial charge in [0, 0.05) is 11.9 Å². The predicted molar refractivity (Wildman–Crippen MR) is 91.9 cm³/mol. The number of benzene rings is 2. The molecule has 0 aliphatic rings. The molecule has 6 heteroatoms. The van der Waals surface area contributed by atoms with Crippen molar-refractivity contribution in [1.29, 1.82) is 5.26 Å². The Balaban J connectivity index is 1.73. The smallest absolute Gasteiger partial charge is 0.274 e. The molecule has 0 saturated heterocycles. The van der Waals surface area contributed by atoms with Crippen LogP contribution in [0.15, 0.2) is 72.0 Å².